The zero-order chi connectivity index (χ0) is 14.8. The Kier molecular flexibility index (Phi) is 4.01. The number of benzene rings is 1. The fourth-order valence-corrected chi connectivity index (χ4v) is 3.54. The smallest absolute Gasteiger partial charge is 0.251 e. The number of piperidine rings is 1. The molecule has 0 radical (unpaired) electrons. The van der Waals surface area contributed by atoms with E-state index in [9.17, 15) is 4.79 Å². The van der Waals surface area contributed by atoms with Gasteiger partial charge >= 0.3 is 0 Å². The molecule has 2 heterocycles. The first kappa shape index (κ1) is 14.2. The summed E-state index contributed by atoms with van der Waals surface area (Å²) in [6, 6.07) is 6.59. The van der Waals surface area contributed by atoms with E-state index in [0.717, 1.165) is 24.7 Å². The summed E-state index contributed by atoms with van der Waals surface area (Å²) in [5, 5.41) is 6.20. The summed E-state index contributed by atoms with van der Waals surface area (Å²) in [7, 11) is 1.64. The molecule has 1 aromatic carbocycles. The van der Waals surface area contributed by atoms with Crippen molar-refractivity contribution in [2.45, 2.75) is 37.8 Å². The third kappa shape index (κ3) is 2.97. The minimum absolute atomic E-state index is 0.0799. The molecule has 2 unspecified atom stereocenters. The summed E-state index contributed by atoms with van der Waals surface area (Å²) in [5.74, 6) is -0.0799. The first-order valence-electron chi connectivity index (χ1n) is 7.79. The molecule has 4 N–H and O–H groups in total. The number of hydrogen-bond donors (Lipinski definition) is 3. The summed E-state index contributed by atoms with van der Waals surface area (Å²) in [6.45, 7) is 2.42. The van der Waals surface area contributed by atoms with E-state index in [-0.39, 0.29) is 5.91 Å². The number of anilines is 2. The van der Waals surface area contributed by atoms with Gasteiger partial charge in [-0.1, -0.05) is 0 Å². The van der Waals surface area contributed by atoms with Gasteiger partial charge in [0.1, 0.15) is 0 Å². The van der Waals surface area contributed by atoms with Gasteiger partial charge in [-0.15, -0.1) is 0 Å². The van der Waals surface area contributed by atoms with Gasteiger partial charge in [0.2, 0.25) is 0 Å². The van der Waals surface area contributed by atoms with Crippen molar-refractivity contribution in [2.75, 3.05) is 31.2 Å². The van der Waals surface area contributed by atoms with Crippen molar-refractivity contribution in [1.82, 2.24) is 10.2 Å². The molecule has 2 saturated heterocycles. The third-order valence-electron chi connectivity index (χ3n) is 4.72. The Balaban J connectivity index is 1.70. The van der Waals surface area contributed by atoms with Crippen LogP contribution in [0.1, 0.15) is 36.0 Å². The highest BCUT2D eigenvalue weighted by Gasteiger charge is 2.31. The average molecular weight is 288 g/mol. The maximum Gasteiger partial charge on any atom is 0.251 e. The van der Waals surface area contributed by atoms with Crippen molar-refractivity contribution < 1.29 is 4.79 Å². The maximum atomic E-state index is 11.7. The number of amides is 1. The minimum atomic E-state index is -0.0799. The number of nitrogen functional groups attached to an aromatic ring is 1. The van der Waals surface area contributed by atoms with E-state index in [1.165, 1.54) is 25.8 Å². The standard InChI is InChI=1S/C16H24N4O/c1-18-16(21)11-4-5-14(17)15(9-11)19-12-6-8-20-7-2-3-13(20)10-12/h4-5,9,12-13,19H,2-3,6-8,10,17H2,1H3,(H,18,21). The Morgan fingerprint density at radius 1 is 1.33 bits per heavy atom. The van der Waals surface area contributed by atoms with Crippen molar-refractivity contribution in [1.29, 1.82) is 0 Å². The van der Waals surface area contributed by atoms with E-state index in [1.807, 2.05) is 6.07 Å². The monoisotopic (exact) mass is 288 g/mol. The van der Waals surface area contributed by atoms with Gasteiger partial charge in [0.15, 0.2) is 0 Å². The minimum Gasteiger partial charge on any atom is -0.397 e. The molecule has 0 saturated carbocycles. The largest absolute Gasteiger partial charge is 0.397 e. The van der Waals surface area contributed by atoms with Gasteiger partial charge in [-0.25, -0.2) is 0 Å². The lowest BCUT2D eigenvalue weighted by Gasteiger charge is -2.35. The number of carbonyl (C=O) groups is 1. The van der Waals surface area contributed by atoms with Gasteiger partial charge in [-0.2, -0.15) is 0 Å². The quantitative estimate of drug-likeness (QED) is 0.740. The second kappa shape index (κ2) is 5.93. The molecule has 3 rings (SSSR count). The topological polar surface area (TPSA) is 70.4 Å². The number of carbonyl (C=O) groups excluding carboxylic acids is 1. The van der Waals surface area contributed by atoms with Crippen LogP contribution in [-0.2, 0) is 0 Å². The van der Waals surface area contributed by atoms with Crippen LogP contribution in [0, 0.1) is 0 Å². The van der Waals surface area contributed by atoms with E-state index in [4.69, 9.17) is 5.73 Å². The van der Waals surface area contributed by atoms with Crippen molar-refractivity contribution in [2.24, 2.45) is 0 Å². The molecule has 21 heavy (non-hydrogen) atoms. The first-order valence-corrected chi connectivity index (χ1v) is 7.79. The van der Waals surface area contributed by atoms with Gasteiger partial charge < -0.3 is 21.3 Å². The molecule has 2 aliphatic rings. The van der Waals surface area contributed by atoms with Crippen LogP contribution in [-0.4, -0.2) is 43.0 Å². The van der Waals surface area contributed by atoms with Crippen LogP contribution in [0.4, 0.5) is 11.4 Å². The van der Waals surface area contributed by atoms with Crippen LogP contribution in [0.5, 0.6) is 0 Å². The van der Waals surface area contributed by atoms with E-state index in [2.05, 4.69) is 15.5 Å². The lowest BCUT2D eigenvalue weighted by atomic mass is 9.97. The molecular formula is C16H24N4O. The van der Waals surface area contributed by atoms with Crippen LogP contribution < -0.4 is 16.4 Å². The van der Waals surface area contributed by atoms with Gasteiger partial charge in [-0.3, -0.25) is 4.79 Å². The van der Waals surface area contributed by atoms with Gasteiger partial charge in [0, 0.05) is 31.2 Å². The van der Waals surface area contributed by atoms with Crippen LogP contribution in [0.2, 0.25) is 0 Å². The van der Waals surface area contributed by atoms with E-state index in [0.29, 0.717) is 17.3 Å². The number of nitrogens with two attached hydrogens (primary N) is 1. The molecule has 0 bridgehead atoms. The highest BCUT2D eigenvalue weighted by Crippen LogP contribution is 2.30. The Labute approximate surface area is 125 Å². The van der Waals surface area contributed by atoms with Gasteiger partial charge in [-0.05, 0) is 50.4 Å². The van der Waals surface area contributed by atoms with Crippen LogP contribution in [0.3, 0.4) is 0 Å². The fraction of sp³-hybridized carbons (Fsp3) is 0.562. The Hall–Kier alpha value is -1.75. The van der Waals surface area contributed by atoms with Crippen LogP contribution in [0.25, 0.3) is 0 Å². The number of hydrogen-bond acceptors (Lipinski definition) is 4. The highest BCUT2D eigenvalue weighted by atomic mass is 16.1. The SMILES string of the molecule is CNC(=O)c1ccc(N)c(NC2CCN3CCCC3C2)c1. The Bertz CT molecular complexity index is 531. The lowest BCUT2D eigenvalue weighted by molar-refractivity contribution is 0.0963. The molecule has 1 amide bonds. The second-order valence-corrected chi connectivity index (χ2v) is 6.08. The number of nitrogens with one attached hydrogen (secondary N) is 2. The number of nitrogens with zero attached hydrogens (tertiary/aromatic N) is 1. The molecule has 0 aromatic heterocycles. The predicted molar refractivity (Wildman–Crippen MR) is 85.5 cm³/mol. The molecule has 114 valence electrons. The second-order valence-electron chi connectivity index (χ2n) is 6.08. The van der Waals surface area contributed by atoms with Crippen molar-refractivity contribution >= 4 is 17.3 Å². The first-order chi connectivity index (χ1) is 10.2. The number of rotatable bonds is 3. The molecule has 5 heteroatoms. The molecule has 2 atom stereocenters. The lowest BCUT2D eigenvalue weighted by Crippen LogP contribution is -2.42. The van der Waals surface area contributed by atoms with Crippen LogP contribution in [0.15, 0.2) is 18.2 Å². The van der Waals surface area contributed by atoms with Crippen molar-refractivity contribution in [3.8, 4) is 0 Å². The summed E-state index contributed by atoms with van der Waals surface area (Å²) in [6.07, 6.45) is 4.95. The predicted octanol–water partition coefficient (Wildman–Crippen LogP) is 1.67. The maximum absolute atomic E-state index is 11.7. The van der Waals surface area contributed by atoms with Crippen LogP contribution >= 0.6 is 0 Å². The molecule has 2 aliphatic heterocycles. The highest BCUT2D eigenvalue weighted by molar-refractivity contribution is 5.96. The fourth-order valence-electron chi connectivity index (χ4n) is 3.54. The zero-order valence-corrected chi connectivity index (χ0v) is 12.6. The summed E-state index contributed by atoms with van der Waals surface area (Å²) >= 11 is 0. The summed E-state index contributed by atoms with van der Waals surface area (Å²) in [4.78, 5) is 14.3. The van der Waals surface area contributed by atoms with E-state index in [1.54, 1.807) is 19.2 Å². The third-order valence-corrected chi connectivity index (χ3v) is 4.72. The normalized spacial score (nSPS) is 25.4. The Morgan fingerprint density at radius 2 is 2.19 bits per heavy atom. The van der Waals surface area contributed by atoms with Gasteiger partial charge in [0.25, 0.3) is 5.91 Å². The molecule has 0 spiro atoms. The molecule has 1 aromatic rings. The van der Waals surface area contributed by atoms with E-state index < -0.39 is 0 Å². The molecule has 5 nitrogen and oxygen atoms in total. The summed E-state index contributed by atoms with van der Waals surface area (Å²) in [5.41, 5.74) is 8.28. The average Bonchev–Trinajstić information content (AvgIpc) is 2.96. The van der Waals surface area contributed by atoms with Gasteiger partial charge in [0.05, 0.1) is 11.4 Å². The van der Waals surface area contributed by atoms with Crippen molar-refractivity contribution in [3.05, 3.63) is 23.8 Å². The zero-order valence-electron chi connectivity index (χ0n) is 12.6. The molecular weight excluding hydrogens is 264 g/mol. The Morgan fingerprint density at radius 3 is 3.00 bits per heavy atom. The molecule has 2 fully saturated rings. The summed E-state index contributed by atoms with van der Waals surface area (Å²) < 4.78 is 0. The van der Waals surface area contributed by atoms with Crippen molar-refractivity contribution in [3.63, 3.8) is 0 Å². The van der Waals surface area contributed by atoms with E-state index >= 15 is 0 Å². The molecule has 0 aliphatic carbocycles. The number of fused-ring (bicyclic) bond motifs is 1.